The molecule has 0 aliphatic carbocycles. The molecule has 2 amide bonds. The predicted molar refractivity (Wildman–Crippen MR) is 118 cm³/mol. The lowest BCUT2D eigenvalue weighted by Crippen LogP contribution is -2.38. The van der Waals surface area contributed by atoms with Crippen molar-refractivity contribution < 1.29 is 19.1 Å². The Hall–Kier alpha value is -2.91. The standard InChI is InChI=1S/C22H24N4O4S/c1-3-26-9-7-16(8-10-26)29-20-14(2)21(24-13-23-20)30-17-6-4-5-15(11-17)12-18-19(27)25-22(28)31-18/h4-6,11-13,16H,3,7-10H2,1-2H3,(H,25,27,28)/b18-12-. The number of hydrogen-bond donors (Lipinski definition) is 1. The van der Waals surface area contributed by atoms with E-state index in [4.69, 9.17) is 9.47 Å². The van der Waals surface area contributed by atoms with E-state index >= 15 is 0 Å². The van der Waals surface area contributed by atoms with Crippen LogP contribution in [-0.4, -0.2) is 51.8 Å². The SMILES string of the molecule is CCN1CCC(Oc2ncnc(Oc3cccc(/C=C4\SC(=O)NC4=O)c3)c2C)CC1. The third kappa shape index (κ3) is 5.23. The molecule has 0 saturated carbocycles. The fourth-order valence-electron chi connectivity index (χ4n) is 3.49. The number of carbonyl (C=O) groups excluding carboxylic acids is 2. The van der Waals surface area contributed by atoms with Crippen molar-refractivity contribution in [3.05, 3.63) is 46.6 Å². The third-order valence-corrected chi connectivity index (χ3v) is 6.07. The molecule has 1 aromatic heterocycles. The molecule has 1 N–H and O–H groups in total. The molecule has 4 rings (SSSR count). The van der Waals surface area contributed by atoms with Gasteiger partial charge in [0.25, 0.3) is 11.1 Å². The fourth-order valence-corrected chi connectivity index (χ4v) is 4.18. The number of nitrogens with one attached hydrogen (secondary N) is 1. The molecule has 2 saturated heterocycles. The normalized spacial score (nSPS) is 19.0. The van der Waals surface area contributed by atoms with Crippen LogP contribution in [0.15, 0.2) is 35.5 Å². The molecule has 0 unspecified atom stereocenters. The molecule has 31 heavy (non-hydrogen) atoms. The van der Waals surface area contributed by atoms with Crippen molar-refractivity contribution in [1.29, 1.82) is 0 Å². The van der Waals surface area contributed by atoms with Crippen LogP contribution < -0.4 is 14.8 Å². The van der Waals surface area contributed by atoms with E-state index in [0.717, 1.165) is 55.4 Å². The molecule has 1 aromatic carbocycles. The smallest absolute Gasteiger partial charge is 0.290 e. The van der Waals surface area contributed by atoms with E-state index < -0.39 is 0 Å². The number of thioether (sulfide) groups is 1. The summed E-state index contributed by atoms with van der Waals surface area (Å²) >= 11 is 0.881. The van der Waals surface area contributed by atoms with Gasteiger partial charge in [0.15, 0.2) is 0 Å². The lowest BCUT2D eigenvalue weighted by Gasteiger charge is -2.31. The second-order valence-electron chi connectivity index (χ2n) is 7.39. The molecule has 9 heteroatoms. The first-order chi connectivity index (χ1) is 15.0. The highest BCUT2D eigenvalue weighted by atomic mass is 32.2. The summed E-state index contributed by atoms with van der Waals surface area (Å²) in [5.41, 5.74) is 1.48. The predicted octanol–water partition coefficient (Wildman–Crippen LogP) is 3.76. The third-order valence-electron chi connectivity index (χ3n) is 5.26. The Morgan fingerprint density at radius 1 is 1.23 bits per heavy atom. The Kier molecular flexibility index (Phi) is 6.53. The molecule has 0 bridgehead atoms. The molecule has 2 aromatic rings. The van der Waals surface area contributed by atoms with Gasteiger partial charge in [-0.05, 0) is 61.8 Å². The average Bonchev–Trinajstić information content (AvgIpc) is 3.08. The number of nitrogens with zero attached hydrogens (tertiary/aromatic N) is 3. The molecule has 2 aliphatic rings. The van der Waals surface area contributed by atoms with Gasteiger partial charge in [0.1, 0.15) is 18.2 Å². The monoisotopic (exact) mass is 440 g/mol. The van der Waals surface area contributed by atoms with Gasteiger partial charge in [0.05, 0.1) is 10.5 Å². The molecule has 0 radical (unpaired) electrons. The average molecular weight is 441 g/mol. The summed E-state index contributed by atoms with van der Waals surface area (Å²) in [7, 11) is 0. The number of aromatic nitrogens is 2. The summed E-state index contributed by atoms with van der Waals surface area (Å²) in [6.45, 7) is 7.17. The minimum Gasteiger partial charge on any atom is -0.474 e. The summed E-state index contributed by atoms with van der Waals surface area (Å²) in [4.78, 5) is 34.4. The molecular weight excluding hydrogens is 416 g/mol. The zero-order chi connectivity index (χ0) is 21.8. The highest BCUT2D eigenvalue weighted by molar-refractivity contribution is 8.18. The van der Waals surface area contributed by atoms with Crippen LogP contribution in [0.4, 0.5) is 4.79 Å². The fraction of sp³-hybridized carbons (Fsp3) is 0.364. The number of likely N-dealkylation sites (tertiary alicyclic amines) is 1. The van der Waals surface area contributed by atoms with Crippen molar-refractivity contribution in [1.82, 2.24) is 20.2 Å². The second kappa shape index (κ2) is 9.49. The number of carbonyl (C=O) groups is 2. The second-order valence-corrected chi connectivity index (χ2v) is 8.40. The van der Waals surface area contributed by atoms with E-state index in [1.807, 2.05) is 19.1 Å². The van der Waals surface area contributed by atoms with Gasteiger partial charge in [-0.25, -0.2) is 9.97 Å². The number of piperidine rings is 1. The van der Waals surface area contributed by atoms with Crippen LogP contribution in [0.3, 0.4) is 0 Å². The number of hydrogen-bond acceptors (Lipinski definition) is 8. The van der Waals surface area contributed by atoms with Gasteiger partial charge in [0.2, 0.25) is 11.8 Å². The molecule has 3 heterocycles. The zero-order valence-corrected chi connectivity index (χ0v) is 18.3. The lowest BCUT2D eigenvalue weighted by molar-refractivity contribution is -0.115. The molecular formula is C22H24N4O4S. The van der Waals surface area contributed by atoms with Crippen LogP contribution in [0.1, 0.15) is 30.9 Å². The largest absolute Gasteiger partial charge is 0.474 e. The molecule has 0 atom stereocenters. The Labute approximate surface area is 185 Å². The molecule has 2 fully saturated rings. The van der Waals surface area contributed by atoms with E-state index in [1.54, 1.807) is 18.2 Å². The van der Waals surface area contributed by atoms with Gasteiger partial charge in [-0.1, -0.05) is 19.1 Å². The van der Waals surface area contributed by atoms with Crippen LogP contribution in [-0.2, 0) is 4.79 Å². The minimum atomic E-state index is -0.389. The van der Waals surface area contributed by atoms with Crippen molar-refractivity contribution in [2.75, 3.05) is 19.6 Å². The van der Waals surface area contributed by atoms with Gasteiger partial charge in [-0.3, -0.25) is 14.9 Å². The summed E-state index contributed by atoms with van der Waals surface area (Å²) in [6.07, 6.45) is 5.17. The zero-order valence-electron chi connectivity index (χ0n) is 17.5. The topological polar surface area (TPSA) is 93.7 Å². The summed E-state index contributed by atoms with van der Waals surface area (Å²) in [5.74, 6) is 1.13. The minimum absolute atomic E-state index is 0.136. The van der Waals surface area contributed by atoms with Crippen LogP contribution in [0.2, 0.25) is 0 Å². The summed E-state index contributed by atoms with van der Waals surface area (Å²) in [6, 6.07) is 7.24. The Morgan fingerprint density at radius 2 is 2.00 bits per heavy atom. The van der Waals surface area contributed by atoms with E-state index in [1.165, 1.54) is 6.33 Å². The Balaban J connectivity index is 1.46. The summed E-state index contributed by atoms with van der Waals surface area (Å²) < 4.78 is 12.1. The van der Waals surface area contributed by atoms with Gasteiger partial charge in [-0.15, -0.1) is 0 Å². The van der Waals surface area contributed by atoms with Crippen molar-refractivity contribution >= 4 is 29.0 Å². The number of imide groups is 1. The van der Waals surface area contributed by atoms with Gasteiger partial charge in [0, 0.05) is 13.1 Å². The molecule has 2 aliphatic heterocycles. The highest BCUT2D eigenvalue weighted by Crippen LogP contribution is 2.31. The molecule has 8 nitrogen and oxygen atoms in total. The number of rotatable bonds is 6. The quantitative estimate of drug-likeness (QED) is 0.679. The maximum Gasteiger partial charge on any atom is 0.290 e. The number of ether oxygens (including phenoxy) is 2. The van der Waals surface area contributed by atoms with Crippen LogP contribution >= 0.6 is 11.8 Å². The molecule has 0 spiro atoms. The Bertz CT molecular complexity index is 1020. The maximum absolute atomic E-state index is 11.8. The highest BCUT2D eigenvalue weighted by Gasteiger charge is 2.25. The van der Waals surface area contributed by atoms with Gasteiger partial charge >= 0.3 is 0 Å². The van der Waals surface area contributed by atoms with Gasteiger partial charge in [-0.2, -0.15) is 0 Å². The first kappa shape index (κ1) is 21.3. The first-order valence-corrected chi connectivity index (χ1v) is 11.1. The number of benzene rings is 1. The summed E-state index contributed by atoms with van der Waals surface area (Å²) in [5, 5.41) is 1.88. The first-order valence-electron chi connectivity index (χ1n) is 10.2. The van der Waals surface area contributed by atoms with Gasteiger partial charge < -0.3 is 14.4 Å². The van der Waals surface area contributed by atoms with Crippen molar-refractivity contribution in [3.8, 4) is 17.5 Å². The van der Waals surface area contributed by atoms with Crippen molar-refractivity contribution in [3.63, 3.8) is 0 Å². The molecule has 162 valence electrons. The van der Waals surface area contributed by atoms with Crippen LogP contribution in [0.5, 0.6) is 17.5 Å². The van der Waals surface area contributed by atoms with E-state index in [0.29, 0.717) is 22.4 Å². The van der Waals surface area contributed by atoms with E-state index in [9.17, 15) is 9.59 Å². The maximum atomic E-state index is 11.8. The van der Waals surface area contributed by atoms with E-state index in [-0.39, 0.29) is 17.3 Å². The Morgan fingerprint density at radius 3 is 2.71 bits per heavy atom. The van der Waals surface area contributed by atoms with E-state index in [2.05, 4.69) is 27.1 Å². The lowest BCUT2D eigenvalue weighted by atomic mass is 10.1. The van der Waals surface area contributed by atoms with Crippen molar-refractivity contribution in [2.45, 2.75) is 32.8 Å². The van der Waals surface area contributed by atoms with Crippen LogP contribution in [0.25, 0.3) is 6.08 Å². The van der Waals surface area contributed by atoms with Crippen LogP contribution in [0, 0.1) is 6.92 Å². The number of amides is 2. The van der Waals surface area contributed by atoms with Crippen molar-refractivity contribution in [2.24, 2.45) is 0 Å².